The number of benzene rings is 1. The van der Waals surface area contributed by atoms with Crippen LogP contribution in [0.15, 0.2) is 24.3 Å². The Labute approximate surface area is 111 Å². The molecule has 0 saturated carbocycles. The van der Waals surface area contributed by atoms with Crippen molar-refractivity contribution in [2.45, 2.75) is 0 Å². The number of ether oxygens (including phenoxy) is 4. The molecule has 6 nitrogen and oxygen atoms in total. The smallest absolute Gasteiger partial charge is 0.340 e. The Hall–Kier alpha value is -1.92. The average Bonchev–Trinajstić information content (AvgIpc) is 2.45. The SMILES string of the molecule is COCCOC(=O)c1ccc(C(=O)OCOC)cc1. The zero-order chi connectivity index (χ0) is 14.1. The molecule has 0 N–H and O–H groups in total. The molecule has 0 atom stereocenters. The number of carbonyl (C=O) groups excluding carboxylic acids is 2. The molecule has 0 aromatic heterocycles. The van der Waals surface area contributed by atoms with Gasteiger partial charge < -0.3 is 18.9 Å². The molecule has 0 bridgehead atoms. The van der Waals surface area contributed by atoms with Gasteiger partial charge >= 0.3 is 11.9 Å². The van der Waals surface area contributed by atoms with Crippen molar-refractivity contribution < 1.29 is 28.5 Å². The lowest BCUT2D eigenvalue weighted by Crippen LogP contribution is -2.11. The predicted molar refractivity (Wildman–Crippen MR) is 65.9 cm³/mol. The van der Waals surface area contributed by atoms with Gasteiger partial charge in [-0.3, -0.25) is 0 Å². The number of carbonyl (C=O) groups is 2. The predicted octanol–water partition coefficient (Wildman–Crippen LogP) is 1.25. The van der Waals surface area contributed by atoms with E-state index in [4.69, 9.17) is 14.2 Å². The molecule has 6 heteroatoms. The number of hydrogen-bond donors (Lipinski definition) is 0. The minimum atomic E-state index is -0.513. The van der Waals surface area contributed by atoms with Crippen LogP contribution in [0.4, 0.5) is 0 Å². The van der Waals surface area contributed by atoms with Crippen molar-refractivity contribution in [3.63, 3.8) is 0 Å². The molecule has 0 heterocycles. The first-order valence-corrected chi connectivity index (χ1v) is 5.61. The van der Waals surface area contributed by atoms with Crippen LogP contribution in [0.25, 0.3) is 0 Å². The van der Waals surface area contributed by atoms with Crippen molar-refractivity contribution in [2.75, 3.05) is 34.2 Å². The molecule has 0 aliphatic carbocycles. The summed E-state index contributed by atoms with van der Waals surface area (Å²) in [6, 6.07) is 5.98. The molecule has 0 spiro atoms. The molecule has 0 unspecified atom stereocenters. The summed E-state index contributed by atoms with van der Waals surface area (Å²) in [7, 11) is 2.95. The van der Waals surface area contributed by atoms with Gasteiger partial charge in [-0.25, -0.2) is 9.59 Å². The lowest BCUT2D eigenvalue weighted by molar-refractivity contribution is -0.0125. The number of rotatable bonds is 7. The highest BCUT2D eigenvalue weighted by molar-refractivity contribution is 5.93. The van der Waals surface area contributed by atoms with E-state index in [2.05, 4.69) is 4.74 Å². The summed E-state index contributed by atoms with van der Waals surface area (Å²) in [5.74, 6) is -0.977. The van der Waals surface area contributed by atoms with Gasteiger partial charge in [0.05, 0.1) is 17.7 Å². The van der Waals surface area contributed by atoms with Crippen LogP contribution in [0.5, 0.6) is 0 Å². The molecule has 0 saturated heterocycles. The Balaban J connectivity index is 2.55. The molecule has 19 heavy (non-hydrogen) atoms. The zero-order valence-electron chi connectivity index (χ0n) is 10.9. The topological polar surface area (TPSA) is 71.1 Å². The van der Waals surface area contributed by atoms with Crippen LogP contribution in [0.3, 0.4) is 0 Å². The van der Waals surface area contributed by atoms with E-state index in [1.807, 2.05) is 0 Å². The monoisotopic (exact) mass is 268 g/mol. The van der Waals surface area contributed by atoms with E-state index < -0.39 is 11.9 Å². The standard InChI is InChI=1S/C13H16O6/c1-16-7-8-18-12(14)10-3-5-11(6-4-10)13(15)19-9-17-2/h3-6H,7-9H2,1-2H3. The van der Waals surface area contributed by atoms with E-state index >= 15 is 0 Å². The van der Waals surface area contributed by atoms with Crippen LogP contribution in [-0.2, 0) is 18.9 Å². The average molecular weight is 268 g/mol. The lowest BCUT2D eigenvalue weighted by atomic mass is 10.1. The van der Waals surface area contributed by atoms with Crippen molar-refractivity contribution >= 4 is 11.9 Å². The van der Waals surface area contributed by atoms with E-state index in [1.54, 1.807) is 0 Å². The van der Waals surface area contributed by atoms with Crippen molar-refractivity contribution in [1.82, 2.24) is 0 Å². The molecule has 0 aliphatic heterocycles. The minimum Gasteiger partial charge on any atom is -0.460 e. The maximum absolute atomic E-state index is 11.6. The van der Waals surface area contributed by atoms with Gasteiger partial charge in [0.15, 0.2) is 6.79 Å². The van der Waals surface area contributed by atoms with Crippen LogP contribution in [-0.4, -0.2) is 46.2 Å². The van der Waals surface area contributed by atoms with Crippen LogP contribution >= 0.6 is 0 Å². The van der Waals surface area contributed by atoms with Crippen LogP contribution < -0.4 is 0 Å². The van der Waals surface area contributed by atoms with Gasteiger partial charge in [-0.05, 0) is 24.3 Å². The fourth-order valence-electron chi connectivity index (χ4n) is 1.24. The van der Waals surface area contributed by atoms with E-state index in [0.29, 0.717) is 17.7 Å². The Morgan fingerprint density at radius 3 is 1.84 bits per heavy atom. The highest BCUT2D eigenvalue weighted by atomic mass is 16.7. The third-order valence-corrected chi connectivity index (χ3v) is 2.18. The van der Waals surface area contributed by atoms with E-state index in [-0.39, 0.29) is 13.4 Å². The highest BCUT2D eigenvalue weighted by Crippen LogP contribution is 2.07. The molecule has 1 aromatic carbocycles. The third kappa shape index (κ3) is 5.07. The van der Waals surface area contributed by atoms with Crippen LogP contribution in [0.1, 0.15) is 20.7 Å². The van der Waals surface area contributed by atoms with Crippen molar-refractivity contribution in [2.24, 2.45) is 0 Å². The first-order chi connectivity index (χ1) is 9.19. The second-order valence-corrected chi connectivity index (χ2v) is 3.54. The van der Waals surface area contributed by atoms with Gasteiger partial charge in [-0.2, -0.15) is 0 Å². The van der Waals surface area contributed by atoms with Gasteiger partial charge in [0.2, 0.25) is 0 Å². The summed E-state index contributed by atoms with van der Waals surface area (Å²) >= 11 is 0. The maximum atomic E-state index is 11.6. The molecule has 1 aromatic rings. The maximum Gasteiger partial charge on any atom is 0.340 e. The quantitative estimate of drug-likeness (QED) is 0.421. The molecule has 1 rings (SSSR count). The van der Waals surface area contributed by atoms with Crippen molar-refractivity contribution in [3.05, 3.63) is 35.4 Å². The Kier molecular flexibility index (Phi) is 6.56. The Morgan fingerprint density at radius 1 is 0.842 bits per heavy atom. The number of hydrogen-bond acceptors (Lipinski definition) is 6. The number of esters is 2. The molecule has 0 aliphatic rings. The lowest BCUT2D eigenvalue weighted by Gasteiger charge is -2.05. The Bertz CT molecular complexity index is 412. The molecule has 0 fully saturated rings. The highest BCUT2D eigenvalue weighted by Gasteiger charge is 2.10. The summed E-state index contributed by atoms with van der Waals surface area (Å²) < 4.78 is 19.1. The normalized spacial score (nSPS) is 10.0. The fraction of sp³-hybridized carbons (Fsp3) is 0.385. The summed E-state index contributed by atoms with van der Waals surface area (Å²) in [6.07, 6.45) is 0. The van der Waals surface area contributed by atoms with Gasteiger partial charge in [-0.1, -0.05) is 0 Å². The largest absolute Gasteiger partial charge is 0.460 e. The molecular formula is C13H16O6. The van der Waals surface area contributed by atoms with Crippen LogP contribution in [0, 0.1) is 0 Å². The van der Waals surface area contributed by atoms with Crippen molar-refractivity contribution in [1.29, 1.82) is 0 Å². The Morgan fingerprint density at radius 2 is 1.37 bits per heavy atom. The van der Waals surface area contributed by atoms with E-state index in [0.717, 1.165) is 0 Å². The first kappa shape index (κ1) is 15.1. The molecule has 0 radical (unpaired) electrons. The first-order valence-electron chi connectivity index (χ1n) is 5.61. The second-order valence-electron chi connectivity index (χ2n) is 3.54. The van der Waals surface area contributed by atoms with E-state index in [1.165, 1.54) is 38.5 Å². The van der Waals surface area contributed by atoms with Crippen molar-refractivity contribution in [3.8, 4) is 0 Å². The third-order valence-electron chi connectivity index (χ3n) is 2.18. The second kappa shape index (κ2) is 8.23. The van der Waals surface area contributed by atoms with Gasteiger partial charge in [0, 0.05) is 14.2 Å². The molecule has 0 amide bonds. The summed E-state index contributed by atoms with van der Waals surface area (Å²) in [6.45, 7) is 0.416. The van der Waals surface area contributed by atoms with Gasteiger partial charge in [-0.15, -0.1) is 0 Å². The molecular weight excluding hydrogens is 252 g/mol. The van der Waals surface area contributed by atoms with E-state index in [9.17, 15) is 9.59 Å². The number of methoxy groups -OCH3 is 2. The summed E-state index contributed by atoms with van der Waals surface area (Å²) in [5.41, 5.74) is 0.699. The summed E-state index contributed by atoms with van der Waals surface area (Å²) in [5, 5.41) is 0. The molecule has 104 valence electrons. The summed E-state index contributed by atoms with van der Waals surface area (Å²) in [4.78, 5) is 23.0. The van der Waals surface area contributed by atoms with Gasteiger partial charge in [0.25, 0.3) is 0 Å². The zero-order valence-corrected chi connectivity index (χ0v) is 10.9. The van der Waals surface area contributed by atoms with Gasteiger partial charge in [0.1, 0.15) is 6.61 Å². The fourth-order valence-corrected chi connectivity index (χ4v) is 1.24. The van der Waals surface area contributed by atoms with Crippen LogP contribution in [0.2, 0.25) is 0 Å². The minimum absolute atomic E-state index is 0.111.